The van der Waals surface area contributed by atoms with Gasteiger partial charge >= 0.3 is 0 Å². The van der Waals surface area contributed by atoms with Gasteiger partial charge in [0, 0.05) is 12.1 Å². The van der Waals surface area contributed by atoms with Crippen molar-refractivity contribution in [1.82, 2.24) is 5.32 Å². The summed E-state index contributed by atoms with van der Waals surface area (Å²) in [7, 11) is 0. The van der Waals surface area contributed by atoms with Crippen LogP contribution in [0.4, 0.5) is 0 Å². The zero-order chi connectivity index (χ0) is 11.5. The minimum Gasteiger partial charge on any atom is -0.307 e. The molecule has 2 aliphatic rings. The SMILES string of the molecule is CC1=CC(NC2CCC(C)CC2)CC(C)=C1. The smallest absolute Gasteiger partial charge is 0.0295 e. The minimum absolute atomic E-state index is 0.586. The molecule has 1 heteroatoms. The molecule has 0 aromatic rings. The van der Waals surface area contributed by atoms with Gasteiger partial charge < -0.3 is 5.32 Å². The highest BCUT2D eigenvalue weighted by Gasteiger charge is 2.21. The van der Waals surface area contributed by atoms with Crippen molar-refractivity contribution >= 4 is 0 Å². The maximum atomic E-state index is 3.82. The molecule has 0 aromatic heterocycles. The normalized spacial score (nSPS) is 35.6. The van der Waals surface area contributed by atoms with Gasteiger partial charge in [0.1, 0.15) is 0 Å². The monoisotopic (exact) mass is 219 g/mol. The molecule has 2 rings (SSSR count). The molecule has 90 valence electrons. The summed E-state index contributed by atoms with van der Waals surface area (Å²) < 4.78 is 0. The molecule has 0 aromatic carbocycles. The highest BCUT2D eigenvalue weighted by Crippen LogP contribution is 2.25. The minimum atomic E-state index is 0.586. The largest absolute Gasteiger partial charge is 0.307 e. The summed E-state index contributed by atoms with van der Waals surface area (Å²) in [5.41, 5.74) is 2.94. The molecule has 1 N–H and O–H groups in total. The molecule has 0 radical (unpaired) electrons. The Morgan fingerprint density at radius 1 is 1.12 bits per heavy atom. The fourth-order valence-electron chi connectivity index (χ4n) is 3.06. The third-order valence-corrected chi connectivity index (χ3v) is 3.95. The first-order valence-corrected chi connectivity index (χ1v) is 6.75. The zero-order valence-corrected chi connectivity index (χ0v) is 10.9. The Morgan fingerprint density at radius 2 is 1.81 bits per heavy atom. The Hall–Kier alpha value is -0.560. The van der Waals surface area contributed by atoms with Crippen LogP contribution in [0.1, 0.15) is 52.9 Å². The maximum absolute atomic E-state index is 3.82. The Kier molecular flexibility index (Phi) is 3.86. The lowest BCUT2D eigenvalue weighted by atomic mass is 9.86. The molecular weight excluding hydrogens is 194 g/mol. The highest BCUT2D eigenvalue weighted by molar-refractivity contribution is 5.28. The summed E-state index contributed by atoms with van der Waals surface area (Å²) in [4.78, 5) is 0. The van der Waals surface area contributed by atoms with E-state index in [4.69, 9.17) is 0 Å². The van der Waals surface area contributed by atoms with Crippen LogP contribution in [0.3, 0.4) is 0 Å². The van der Waals surface area contributed by atoms with Crippen molar-refractivity contribution in [1.29, 1.82) is 0 Å². The molecular formula is C15H25N. The van der Waals surface area contributed by atoms with Gasteiger partial charge in [-0.15, -0.1) is 0 Å². The number of nitrogens with one attached hydrogen (secondary N) is 1. The Morgan fingerprint density at radius 3 is 2.44 bits per heavy atom. The van der Waals surface area contributed by atoms with Gasteiger partial charge in [0.05, 0.1) is 0 Å². The fraction of sp³-hybridized carbons (Fsp3) is 0.733. The second-order valence-corrected chi connectivity index (χ2v) is 5.84. The molecule has 1 fully saturated rings. The summed E-state index contributed by atoms with van der Waals surface area (Å²) in [6.07, 6.45) is 11.4. The first kappa shape index (κ1) is 11.9. The third kappa shape index (κ3) is 3.21. The van der Waals surface area contributed by atoms with E-state index < -0.39 is 0 Å². The molecule has 1 saturated carbocycles. The standard InChI is InChI=1S/C15H25N/c1-11-4-6-14(7-5-11)16-15-9-12(2)8-13(3)10-15/h8-9,11,14-16H,4-7,10H2,1-3H3. The lowest BCUT2D eigenvalue weighted by Crippen LogP contribution is -2.40. The maximum Gasteiger partial charge on any atom is 0.0295 e. The van der Waals surface area contributed by atoms with Crippen LogP contribution in [0.5, 0.6) is 0 Å². The Balaban J connectivity index is 1.84. The van der Waals surface area contributed by atoms with Crippen molar-refractivity contribution in [2.24, 2.45) is 5.92 Å². The van der Waals surface area contributed by atoms with Gasteiger partial charge in [-0.2, -0.15) is 0 Å². The quantitative estimate of drug-likeness (QED) is 0.744. The second kappa shape index (κ2) is 5.18. The fourth-order valence-corrected chi connectivity index (χ4v) is 3.06. The molecule has 1 unspecified atom stereocenters. The summed E-state index contributed by atoms with van der Waals surface area (Å²) in [5, 5.41) is 3.82. The summed E-state index contributed by atoms with van der Waals surface area (Å²) in [6.45, 7) is 6.84. The van der Waals surface area contributed by atoms with Gasteiger partial charge in [0.15, 0.2) is 0 Å². The molecule has 0 heterocycles. The number of hydrogen-bond donors (Lipinski definition) is 1. The van der Waals surface area contributed by atoms with Crippen LogP contribution in [-0.4, -0.2) is 12.1 Å². The average Bonchev–Trinajstić information content (AvgIpc) is 2.20. The van der Waals surface area contributed by atoms with Crippen LogP contribution in [0, 0.1) is 5.92 Å². The van der Waals surface area contributed by atoms with E-state index in [9.17, 15) is 0 Å². The molecule has 1 atom stereocenters. The van der Waals surface area contributed by atoms with Crippen LogP contribution in [0.2, 0.25) is 0 Å². The zero-order valence-electron chi connectivity index (χ0n) is 10.9. The summed E-state index contributed by atoms with van der Waals surface area (Å²) in [5.74, 6) is 0.948. The van der Waals surface area contributed by atoms with E-state index in [1.165, 1.54) is 43.3 Å². The first-order chi connectivity index (χ1) is 7.63. The highest BCUT2D eigenvalue weighted by atomic mass is 14.9. The van der Waals surface area contributed by atoms with Crippen molar-refractivity contribution in [3.05, 3.63) is 23.3 Å². The molecule has 0 saturated heterocycles. The molecule has 16 heavy (non-hydrogen) atoms. The van der Waals surface area contributed by atoms with Crippen LogP contribution in [0.25, 0.3) is 0 Å². The number of hydrogen-bond acceptors (Lipinski definition) is 1. The average molecular weight is 219 g/mol. The molecule has 0 aliphatic heterocycles. The Labute approximate surface area is 100 Å². The topological polar surface area (TPSA) is 12.0 Å². The van der Waals surface area contributed by atoms with Crippen LogP contribution < -0.4 is 5.32 Å². The van der Waals surface area contributed by atoms with E-state index in [-0.39, 0.29) is 0 Å². The van der Waals surface area contributed by atoms with E-state index in [1.807, 2.05) is 0 Å². The van der Waals surface area contributed by atoms with Crippen molar-refractivity contribution in [2.45, 2.75) is 65.0 Å². The lowest BCUT2D eigenvalue weighted by Gasteiger charge is -2.31. The van der Waals surface area contributed by atoms with Gasteiger partial charge in [-0.1, -0.05) is 30.2 Å². The van der Waals surface area contributed by atoms with E-state index in [1.54, 1.807) is 0 Å². The lowest BCUT2D eigenvalue weighted by molar-refractivity contribution is 0.296. The second-order valence-electron chi connectivity index (χ2n) is 5.84. The van der Waals surface area contributed by atoms with Crippen LogP contribution >= 0.6 is 0 Å². The first-order valence-electron chi connectivity index (χ1n) is 6.75. The van der Waals surface area contributed by atoms with Crippen molar-refractivity contribution in [2.75, 3.05) is 0 Å². The van der Waals surface area contributed by atoms with Crippen LogP contribution in [-0.2, 0) is 0 Å². The van der Waals surface area contributed by atoms with Gasteiger partial charge in [0.2, 0.25) is 0 Å². The van der Waals surface area contributed by atoms with E-state index in [0.717, 1.165) is 12.0 Å². The van der Waals surface area contributed by atoms with Gasteiger partial charge in [-0.05, 0) is 51.9 Å². The molecule has 0 amide bonds. The van der Waals surface area contributed by atoms with Crippen molar-refractivity contribution in [3.63, 3.8) is 0 Å². The van der Waals surface area contributed by atoms with Crippen LogP contribution in [0.15, 0.2) is 23.3 Å². The van der Waals surface area contributed by atoms with Gasteiger partial charge in [-0.25, -0.2) is 0 Å². The molecule has 1 nitrogen and oxygen atoms in total. The van der Waals surface area contributed by atoms with Crippen molar-refractivity contribution in [3.8, 4) is 0 Å². The van der Waals surface area contributed by atoms with E-state index >= 15 is 0 Å². The number of allylic oxidation sites excluding steroid dienone is 2. The predicted octanol–water partition coefficient (Wildman–Crippen LogP) is 3.82. The van der Waals surface area contributed by atoms with E-state index in [2.05, 4.69) is 38.2 Å². The summed E-state index contributed by atoms with van der Waals surface area (Å²) in [6, 6.07) is 1.35. The van der Waals surface area contributed by atoms with E-state index in [0.29, 0.717) is 6.04 Å². The van der Waals surface area contributed by atoms with Gasteiger partial charge in [0.25, 0.3) is 0 Å². The van der Waals surface area contributed by atoms with Gasteiger partial charge in [-0.3, -0.25) is 0 Å². The van der Waals surface area contributed by atoms with Crippen molar-refractivity contribution < 1.29 is 0 Å². The molecule has 0 spiro atoms. The molecule has 0 bridgehead atoms. The number of rotatable bonds is 2. The predicted molar refractivity (Wildman–Crippen MR) is 70.5 cm³/mol. The Bertz CT molecular complexity index is 293. The summed E-state index contributed by atoms with van der Waals surface area (Å²) >= 11 is 0. The third-order valence-electron chi connectivity index (χ3n) is 3.95. The molecule has 2 aliphatic carbocycles.